The summed E-state index contributed by atoms with van der Waals surface area (Å²) >= 11 is 0. The van der Waals surface area contributed by atoms with E-state index in [9.17, 15) is 4.79 Å². The van der Waals surface area contributed by atoms with Gasteiger partial charge in [0.15, 0.2) is 6.61 Å². The largest absolute Gasteiger partial charge is 0.489 e. The number of benzene rings is 3. The van der Waals surface area contributed by atoms with E-state index in [2.05, 4.69) is 5.10 Å². The molecule has 0 spiro atoms. The van der Waals surface area contributed by atoms with Gasteiger partial charge in [-0.25, -0.2) is 0 Å². The Morgan fingerprint density at radius 2 is 1.68 bits per heavy atom. The van der Waals surface area contributed by atoms with Crippen molar-refractivity contribution in [1.29, 1.82) is 0 Å². The molecule has 0 aliphatic carbocycles. The van der Waals surface area contributed by atoms with E-state index in [1.807, 2.05) is 85.8 Å². The minimum Gasteiger partial charge on any atom is -0.489 e. The smallest absolute Gasteiger partial charge is 0.285 e. The van der Waals surface area contributed by atoms with E-state index in [1.165, 1.54) is 5.01 Å². The van der Waals surface area contributed by atoms with Gasteiger partial charge in [-0.15, -0.1) is 5.10 Å². The summed E-state index contributed by atoms with van der Waals surface area (Å²) < 4.78 is 11.3. The molecule has 0 fully saturated rings. The van der Waals surface area contributed by atoms with Crippen molar-refractivity contribution < 1.29 is 14.3 Å². The minimum atomic E-state index is -0.214. The third-order valence-corrected chi connectivity index (χ3v) is 4.39. The standard InChI is InChI=1S/C23H20N2O3/c1-17-7-9-19(10-8-17)23-24-25(22(26)16-28-23)20-11-13-21(14-12-20)27-15-18-5-3-2-4-6-18/h2-14H,15-16H2,1H3. The van der Waals surface area contributed by atoms with E-state index in [4.69, 9.17) is 9.47 Å². The first-order chi connectivity index (χ1) is 13.7. The van der Waals surface area contributed by atoms with Crippen molar-refractivity contribution in [1.82, 2.24) is 0 Å². The number of nitrogens with zero attached hydrogens (tertiary/aromatic N) is 2. The average Bonchev–Trinajstić information content (AvgIpc) is 2.74. The lowest BCUT2D eigenvalue weighted by molar-refractivity contribution is -0.121. The van der Waals surface area contributed by atoms with Crippen LogP contribution in [-0.4, -0.2) is 18.4 Å². The van der Waals surface area contributed by atoms with Gasteiger partial charge in [0, 0.05) is 5.56 Å². The van der Waals surface area contributed by atoms with Crippen LogP contribution in [-0.2, 0) is 16.1 Å². The van der Waals surface area contributed by atoms with Crippen LogP contribution in [0.1, 0.15) is 16.7 Å². The second-order valence-corrected chi connectivity index (χ2v) is 6.53. The lowest BCUT2D eigenvalue weighted by atomic mass is 10.1. The molecule has 3 aromatic rings. The monoisotopic (exact) mass is 372 g/mol. The predicted octanol–water partition coefficient (Wildman–Crippen LogP) is 4.30. The highest BCUT2D eigenvalue weighted by molar-refractivity contribution is 6.04. The molecule has 28 heavy (non-hydrogen) atoms. The van der Waals surface area contributed by atoms with Gasteiger partial charge in [-0.2, -0.15) is 5.01 Å². The van der Waals surface area contributed by atoms with E-state index >= 15 is 0 Å². The van der Waals surface area contributed by atoms with Crippen molar-refractivity contribution >= 4 is 17.5 Å². The molecule has 0 N–H and O–H groups in total. The van der Waals surface area contributed by atoms with Gasteiger partial charge < -0.3 is 9.47 Å². The van der Waals surface area contributed by atoms with Gasteiger partial charge in [-0.05, 0) is 48.9 Å². The number of anilines is 1. The molecular weight excluding hydrogens is 352 g/mol. The first-order valence-corrected chi connectivity index (χ1v) is 9.07. The zero-order chi connectivity index (χ0) is 19.3. The molecule has 4 rings (SSSR count). The molecule has 1 heterocycles. The molecule has 5 nitrogen and oxygen atoms in total. The van der Waals surface area contributed by atoms with Gasteiger partial charge in [0.1, 0.15) is 12.4 Å². The SMILES string of the molecule is Cc1ccc(C2=NN(c3ccc(OCc4ccccc4)cc3)C(=O)CO2)cc1. The summed E-state index contributed by atoms with van der Waals surface area (Å²) in [6.07, 6.45) is 0. The van der Waals surface area contributed by atoms with E-state index in [0.717, 1.165) is 22.4 Å². The molecule has 0 unspecified atom stereocenters. The highest BCUT2D eigenvalue weighted by atomic mass is 16.5. The summed E-state index contributed by atoms with van der Waals surface area (Å²) in [4.78, 5) is 12.3. The van der Waals surface area contributed by atoms with E-state index in [-0.39, 0.29) is 12.5 Å². The highest BCUT2D eigenvalue weighted by Crippen LogP contribution is 2.23. The molecule has 0 radical (unpaired) electrons. The molecule has 0 saturated carbocycles. The lowest BCUT2D eigenvalue weighted by Crippen LogP contribution is -2.36. The fourth-order valence-electron chi connectivity index (χ4n) is 2.83. The van der Waals surface area contributed by atoms with Crippen molar-refractivity contribution in [3.63, 3.8) is 0 Å². The van der Waals surface area contributed by atoms with E-state index < -0.39 is 0 Å². The van der Waals surface area contributed by atoms with Gasteiger partial charge in [0.05, 0.1) is 5.69 Å². The molecule has 0 aromatic heterocycles. The summed E-state index contributed by atoms with van der Waals surface area (Å²) in [5.41, 5.74) is 3.76. The maximum atomic E-state index is 12.3. The quantitative estimate of drug-likeness (QED) is 0.671. The third kappa shape index (κ3) is 4.04. The van der Waals surface area contributed by atoms with Crippen LogP contribution in [0, 0.1) is 6.92 Å². The van der Waals surface area contributed by atoms with Gasteiger partial charge in [0.25, 0.3) is 5.91 Å². The van der Waals surface area contributed by atoms with Crippen LogP contribution in [0.3, 0.4) is 0 Å². The average molecular weight is 372 g/mol. The minimum absolute atomic E-state index is 0.0427. The predicted molar refractivity (Wildman–Crippen MR) is 108 cm³/mol. The number of rotatable bonds is 5. The normalized spacial score (nSPS) is 13.7. The van der Waals surface area contributed by atoms with Crippen molar-refractivity contribution in [3.8, 4) is 5.75 Å². The Hall–Kier alpha value is -3.60. The van der Waals surface area contributed by atoms with Crippen LogP contribution in [0.25, 0.3) is 0 Å². The van der Waals surface area contributed by atoms with E-state index in [0.29, 0.717) is 18.2 Å². The fraction of sp³-hybridized carbons (Fsp3) is 0.130. The number of hydrogen-bond donors (Lipinski definition) is 0. The molecule has 140 valence electrons. The maximum absolute atomic E-state index is 12.3. The van der Waals surface area contributed by atoms with Crippen LogP contribution >= 0.6 is 0 Å². The second-order valence-electron chi connectivity index (χ2n) is 6.53. The number of aryl methyl sites for hydroxylation is 1. The Labute approximate surface area is 163 Å². The molecule has 1 aliphatic heterocycles. The fourth-order valence-corrected chi connectivity index (χ4v) is 2.83. The summed E-state index contributed by atoms with van der Waals surface area (Å²) in [6.45, 7) is 2.47. The summed E-state index contributed by atoms with van der Waals surface area (Å²) in [5, 5.41) is 5.77. The number of ether oxygens (including phenoxy) is 2. The Balaban J connectivity index is 1.49. The Bertz CT molecular complexity index is 981. The zero-order valence-electron chi connectivity index (χ0n) is 15.5. The summed E-state index contributed by atoms with van der Waals surface area (Å²) in [6, 6.07) is 25.1. The van der Waals surface area contributed by atoms with Crippen LogP contribution in [0.5, 0.6) is 5.75 Å². The molecule has 1 aliphatic rings. The van der Waals surface area contributed by atoms with Crippen molar-refractivity contribution in [2.24, 2.45) is 5.10 Å². The van der Waals surface area contributed by atoms with E-state index in [1.54, 1.807) is 0 Å². The number of hydrazone groups is 1. The van der Waals surface area contributed by atoms with Crippen molar-refractivity contribution in [2.75, 3.05) is 11.6 Å². The third-order valence-electron chi connectivity index (χ3n) is 4.39. The van der Waals surface area contributed by atoms with Gasteiger partial charge in [-0.1, -0.05) is 48.0 Å². The van der Waals surface area contributed by atoms with Gasteiger partial charge in [0.2, 0.25) is 5.90 Å². The molecule has 0 bridgehead atoms. The second kappa shape index (κ2) is 7.96. The van der Waals surface area contributed by atoms with Crippen LogP contribution in [0.15, 0.2) is 84.0 Å². The van der Waals surface area contributed by atoms with Gasteiger partial charge in [-0.3, -0.25) is 4.79 Å². The molecule has 1 amide bonds. The first kappa shape index (κ1) is 17.8. The number of amides is 1. The summed E-state index contributed by atoms with van der Waals surface area (Å²) in [7, 11) is 0. The number of carbonyl (C=O) groups excluding carboxylic acids is 1. The molecule has 0 saturated heterocycles. The van der Waals surface area contributed by atoms with Crippen molar-refractivity contribution in [2.45, 2.75) is 13.5 Å². The number of carbonyl (C=O) groups is 1. The van der Waals surface area contributed by atoms with Crippen LogP contribution in [0.4, 0.5) is 5.69 Å². The Morgan fingerprint density at radius 1 is 0.964 bits per heavy atom. The van der Waals surface area contributed by atoms with Crippen molar-refractivity contribution in [3.05, 3.63) is 95.6 Å². The molecular formula is C23H20N2O3. The van der Waals surface area contributed by atoms with Crippen LogP contribution in [0.2, 0.25) is 0 Å². The topological polar surface area (TPSA) is 51.1 Å². The maximum Gasteiger partial charge on any atom is 0.285 e. The molecule has 3 aromatic carbocycles. The first-order valence-electron chi connectivity index (χ1n) is 9.07. The zero-order valence-corrected chi connectivity index (χ0v) is 15.5. The Kier molecular flexibility index (Phi) is 5.06. The van der Waals surface area contributed by atoms with Gasteiger partial charge >= 0.3 is 0 Å². The summed E-state index contributed by atoms with van der Waals surface area (Å²) in [5.74, 6) is 0.953. The lowest BCUT2D eigenvalue weighted by Gasteiger charge is -2.24. The van der Waals surface area contributed by atoms with Crippen LogP contribution < -0.4 is 9.75 Å². The molecule has 5 heteroatoms. The number of hydrogen-bond acceptors (Lipinski definition) is 4. The molecule has 0 atom stereocenters. The highest BCUT2D eigenvalue weighted by Gasteiger charge is 2.24. The Morgan fingerprint density at radius 3 is 2.39 bits per heavy atom.